The summed E-state index contributed by atoms with van der Waals surface area (Å²) in [5, 5.41) is 8.78. The summed E-state index contributed by atoms with van der Waals surface area (Å²) < 4.78 is 38.2. The molecule has 0 saturated heterocycles. The fourth-order valence-electron chi connectivity index (χ4n) is 2.71. The summed E-state index contributed by atoms with van der Waals surface area (Å²) in [6.45, 7) is 0.628. The third-order valence-electron chi connectivity index (χ3n) is 4.18. The molecule has 0 radical (unpaired) electrons. The first-order valence-corrected chi connectivity index (χ1v) is 10.1. The highest BCUT2D eigenvalue weighted by molar-refractivity contribution is 7.89. The van der Waals surface area contributed by atoms with Gasteiger partial charge in [0.05, 0.1) is 25.2 Å². The summed E-state index contributed by atoms with van der Waals surface area (Å²) in [4.78, 5) is 0.144. The van der Waals surface area contributed by atoms with Crippen LogP contribution in [0.3, 0.4) is 0 Å². The van der Waals surface area contributed by atoms with Gasteiger partial charge in [0.1, 0.15) is 0 Å². The van der Waals surface area contributed by atoms with Crippen LogP contribution in [-0.2, 0) is 16.4 Å². The van der Waals surface area contributed by atoms with Crippen molar-refractivity contribution in [2.75, 3.05) is 27.3 Å². The minimum absolute atomic E-state index is 0.144. The number of unbranched alkanes of at least 4 members (excludes halogenated alkanes) is 1. The highest BCUT2D eigenvalue weighted by Gasteiger charge is 2.25. The van der Waals surface area contributed by atoms with Gasteiger partial charge in [-0.1, -0.05) is 30.3 Å². The summed E-state index contributed by atoms with van der Waals surface area (Å²) in [7, 11) is -0.754. The van der Waals surface area contributed by atoms with Gasteiger partial charge in [-0.15, -0.1) is 0 Å². The molecule has 0 aliphatic rings. The lowest BCUT2D eigenvalue weighted by Crippen LogP contribution is -2.34. The number of ether oxygens (including phenoxy) is 2. The van der Waals surface area contributed by atoms with Crippen molar-refractivity contribution >= 4 is 10.0 Å². The fourth-order valence-corrected chi connectivity index (χ4v) is 4.21. The summed E-state index contributed by atoms with van der Waals surface area (Å²) >= 11 is 0. The molecular formula is C20H24N2O4S. The zero-order chi connectivity index (χ0) is 19.7. The smallest absolute Gasteiger partial charge is 0.243 e. The van der Waals surface area contributed by atoms with Gasteiger partial charge in [-0.25, -0.2) is 8.42 Å². The van der Waals surface area contributed by atoms with Crippen LogP contribution in [0.4, 0.5) is 0 Å². The Labute approximate surface area is 161 Å². The number of benzene rings is 2. The first kappa shape index (κ1) is 20.7. The Hall–Kier alpha value is -2.56. The summed E-state index contributed by atoms with van der Waals surface area (Å²) in [6.07, 6.45) is 1.39. The predicted octanol–water partition coefficient (Wildman–Crippen LogP) is 3.24. The number of sulfonamides is 1. The van der Waals surface area contributed by atoms with E-state index in [1.54, 1.807) is 6.07 Å². The number of methoxy groups -OCH3 is 2. The lowest BCUT2D eigenvalue weighted by atomic mass is 10.1. The average Bonchev–Trinajstić information content (AvgIpc) is 2.70. The van der Waals surface area contributed by atoms with Crippen LogP contribution in [0.15, 0.2) is 53.4 Å². The summed E-state index contributed by atoms with van der Waals surface area (Å²) in [5.74, 6) is 0.829. The Balaban J connectivity index is 2.27. The number of hydrogen-bond acceptors (Lipinski definition) is 5. The summed E-state index contributed by atoms with van der Waals surface area (Å²) in [5.41, 5.74) is 1.06. The van der Waals surface area contributed by atoms with Gasteiger partial charge in [0.25, 0.3) is 0 Å². The van der Waals surface area contributed by atoms with Crippen LogP contribution in [0.2, 0.25) is 0 Å². The van der Waals surface area contributed by atoms with E-state index in [0.29, 0.717) is 37.3 Å². The van der Waals surface area contributed by atoms with Gasteiger partial charge in [-0.05, 0) is 30.5 Å². The van der Waals surface area contributed by atoms with E-state index in [0.717, 1.165) is 5.56 Å². The molecule has 0 saturated carbocycles. The second kappa shape index (κ2) is 9.95. The van der Waals surface area contributed by atoms with Gasteiger partial charge in [0.15, 0.2) is 11.5 Å². The van der Waals surface area contributed by atoms with Gasteiger partial charge in [0.2, 0.25) is 10.0 Å². The third kappa shape index (κ3) is 5.46. The Morgan fingerprint density at radius 1 is 1.00 bits per heavy atom. The fraction of sp³-hybridized carbons (Fsp3) is 0.350. The number of rotatable bonds is 10. The third-order valence-corrected chi connectivity index (χ3v) is 6.08. The van der Waals surface area contributed by atoms with Crippen LogP contribution in [0, 0.1) is 11.3 Å². The van der Waals surface area contributed by atoms with Crippen molar-refractivity contribution in [1.29, 1.82) is 5.26 Å². The average molecular weight is 388 g/mol. The molecular weight excluding hydrogens is 364 g/mol. The SMILES string of the molecule is COc1ccc(S(=O)(=O)N(CCCC#N)CCc2ccccc2)cc1OC. The van der Waals surface area contributed by atoms with E-state index >= 15 is 0 Å². The molecule has 0 N–H and O–H groups in total. The van der Waals surface area contributed by atoms with E-state index in [4.69, 9.17) is 14.7 Å². The molecule has 0 bridgehead atoms. The molecule has 0 amide bonds. The van der Waals surface area contributed by atoms with Crippen molar-refractivity contribution in [2.45, 2.75) is 24.2 Å². The highest BCUT2D eigenvalue weighted by atomic mass is 32.2. The Kier molecular flexibility index (Phi) is 7.65. The second-order valence-electron chi connectivity index (χ2n) is 5.92. The zero-order valence-electron chi connectivity index (χ0n) is 15.6. The van der Waals surface area contributed by atoms with Gasteiger partial charge in [-0.2, -0.15) is 9.57 Å². The quantitative estimate of drug-likeness (QED) is 0.584. The molecule has 2 aromatic carbocycles. The molecule has 0 atom stereocenters. The first-order valence-electron chi connectivity index (χ1n) is 8.66. The second-order valence-corrected chi connectivity index (χ2v) is 7.86. The van der Waals surface area contributed by atoms with Crippen molar-refractivity contribution in [3.8, 4) is 17.6 Å². The maximum Gasteiger partial charge on any atom is 0.243 e. The molecule has 0 heterocycles. The number of hydrogen-bond donors (Lipinski definition) is 0. The number of nitriles is 1. The molecule has 6 nitrogen and oxygen atoms in total. The van der Waals surface area contributed by atoms with Crippen molar-refractivity contribution in [2.24, 2.45) is 0 Å². The van der Waals surface area contributed by atoms with Crippen LogP contribution < -0.4 is 9.47 Å². The van der Waals surface area contributed by atoms with Gasteiger partial charge in [-0.3, -0.25) is 0 Å². The van der Waals surface area contributed by atoms with Crippen molar-refractivity contribution in [3.05, 3.63) is 54.1 Å². The van der Waals surface area contributed by atoms with Crippen LogP contribution in [0.5, 0.6) is 11.5 Å². The normalized spacial score (nSPS) is 11.2. The molecule has 2 rings (SSSR count). The molecule has 0 aromatic heterocycles. The Bertz CT molecular complexity index is 877. The van der Waals surface area contributed by atoms with Gasteiger partial charge < -0.3 is 9.47 Å². The highest BCUT2D eigenvalue weighted by Crippen LogP contribution is 2.30. The van der Waals surface area contributed by atoms with E-state index in [-0.39, 0.29) is 11.4 Å². The van der Waals surface area contributed by atoms with Crippen LogP contribution in [-0.4, -0.2) is 40.0 Å². The van der Waals surface area contributed by atoms with Gasteiger partial charge >= 0.3 is 0 Å². The zero-order valence-corrected chi connectivity index (χ0v) is 16.4. The molecule has 27 heavy (non-hydrogen) atoms. The summed E-state index contributed by atoms with van der Waals surface area (Å²) in [6, 6.07) is 16.3. The molecule has 2 aromatic rings. The first-order chi connectivity index (χ1) is 13.0. The molecule has 0 spiro atoms. The number of nitrogens with zero attached hydrogens (tertiary/aromatic N) is 2. The standard InChI is InChI=1S/C20H24N2O4S/c1-25-19-11-10-18(16-20(19)26-2)27(23,24)22(14-7-6-13-21)15-12-17-8-4-3-5-9-17/h3-5,8-11,16H,6-7,12,14-15H2,1-2H3. The minimum atomic E-state index is -3.72. The molecule has 144 valence electrons. The van der Waals surface area contributed by atoms with E-state index in [9.17, 15) is 8.42 Å². The Morgan fingerprint density at radius 2 is 1.70 bits per heavy atom. The predicted molar refractivity (Wildman–Crippen MR) is 103 cm³/mol. The van der Waals surface area contributed by atoms with E-state index in [2.05, 4.69) is 6.07 Å². The largest absolute Gasteiger partial charge is 0.493 e. The lowest BCUT2D eigenvalue weighted by molar-refractivity contribution is 0.353. The van der Waals surface area contributed by atoms with Crippen molar-refractivity contribution in [1.82, 2.24) is 4.31 Å². The lowest BCUT2D eigenvalue weighted by Gasteiger charge is -2.22. The molecule has 7 heteroatoms. The topological polar surface area (TPSA) is 79.6 Å². The minimum Gasteiger partial charge on any atom is -0.493 e. The molecule has 0 unspecified atom stereocenters. The van der Waals surface area contributed by atoms with E-state index in [1.165, 1.54) is 30.7 Å². The Morgan fingerprint density at radius 3 is 2.33 bits per heavy atom. The maximum atomic E-state index is 13.2. The molecule has 0 aliphatic heterocycles. The van der Waals surface area contributed by atoms with Crippen LogP contribution >= 0.6 is 0 Å². The molecule has 0 fully saturated rings. The van der Waals surface area contributed by atoms with Crippen molar-refractivity contribution in [3.63, 3.8) is 0 Å². The maximum absolute atomic E-state index is 13.2. The van der Waals surface area contributed by atoms with Gasteiger partial charge in [0, 0.05) is 25.6 Å². The monoisotopic (exact) mass is 388 g/mol. The van der Waals surface area contributed by atoms with E-state index < -0.39 is 10.0 Å². The van der Waals surface area contributed by atoms with Crippen LogP contribution in [0.1, 0.15) is 18.4 Å². The van der Waals surface area contributed by atoms with Crippen molar-refractivity contribution < 1.29 is 17.9 Å². The van der Waals surface area contributed by atoms with E-state index in [1.807, 2.05) is 30.3 Å². The molecule has 0 aliphatic carbocycles. The van der Waals surface area contributed by atoms with Crippen LogP contribution in [0.25, 0.3) is 0 Å².